The maximum atomic E-state index is 6.11. The maximum Gasteiger partial charge on any atom is 0.227 e. The number of hydrogen-bond acceptors (Lipinski definition) is 4. The summed E-state index contributed by atoms with van der Waals surface area (Å²) < 4.78 is 6.11. The molecule has 56 heavy (non-hydrogen) atoms. The van der Waals surface area contributed by atoms with Crippen LogP contribution < -0.4 is 4.90 Å². The fourth-order valence-electron chi connectivity index (χ4n) is 7.96. The summed E-state index contributed by atoms with van der Waals surface area (Å²) in [7, 11) is 0. The van der Waals surface area contributed by atoms with Gasteiger partial charge in [-0.15, -0.1) is 0 Å². The van der Waals surface area contributed by atoms with Gasteiger partial charge in [-0.05, 0) is 128 Å². The van der Waals surface area contributed by atoms with Gasteiger partial charge in [0.1, 0.15) is 5.52 Å². The van der Waals surface area contributed by atoms with Crippen LogP contribution in [0.5, 0.6) is 0 Å². The van der Waals surface area contributed by atoms with Crippen molar-refractivity contribution in [1.29, 1.82) is 0 Å². The average molecular weight is 716 g/mol. The molecule has 11 rings (SSSR count). The van der Waals surface area contributed by atoms with Crippen molar-refractivity contribution in [3.05, 3.63) is 200 Å². The van der Waals surface area contributed by atoms with E-state index in [9.17, 15) is 0 Å². The van der Waals surface area contributed by atoms with Crippen LogP contribution in [0.4, 0.5) is 17.1 Å². The Morgan fingerprint density at radius 3 is 1.66 bits per heavy atom. The Labute approximate surface area is 323 Å². The number of nitrogens with zero attached hydrogens (tertiary/aromatic N) is 3. The molecule has 0 bridgehead atoms. The second-order valence-electron chi connectivity index (χ2n) is 14.3. The molecule has 0 saturated heterocycles. The van der Waals surface area contributed by atoms with Crippen LogP contribution in [-0.2, 0) is 0 Å². The molecule has 0 radical (unpaired) electrons. The molecule has 9 aromatic carbocycles. The topological polar surface area (TPSA) is 42.2 Å². The Morgan fingerprint density at radius 2 is 0.911 bits per heavy atom. The third-order valence-electron chi connectivity index (χ3n) is 10.9. The zero-order valence-electron chi connectivity index (χ0n) is 30.3. The van der Waals surface area contributed by atoms with Crippen LogP contribution in [0.15, 0.2) is 205 Å². The number of pyridine rings is 1. The predicted molar refractivity (Wildman–Crippen MR) is 233 cm³/mol. The van der Waals surface area contributed by atoms with Crippen LogP contribution in [0.3, 0.4) is 0 Å². The highest BCUT2D eigenvalue weighted by Gasteiger charge is 2.16. The first-order valence-corrected chi connectivity index (χ1v) is 18.9. The van der Waals surface area contributed by atoms with Gasteiger partial charge in [0.2, 0.25) is 5.89 Å². The zero-order valence-corrected chi connectivity index (χ0v) is 30.3. The zero-order chi connectivity index (χ0) is 37.0. The molecule has 0 atom stereocenters. The van der Waals surface area contributed by atoms with E-state index >= 15 is 0 Å². The second-order valence-corrected chi connectivity index (χ2v) is 14.3. The van der Waals surface area contributed by atoms with Crippen molar-refractivity contribution in [2.75, 3.05) is 4.90 Å². The van der Waals surface area contributed by atoms with Crippen molar-refractivity contribution in [2.24, 2.45) is 0 Å². The minimum absolute atomic E-state index is 0.609. The summed E-state index contributed by atoms with van der Waals surface area (Å²) >= 11 is 0. The van der Waals surface area contributed by atoms with Gasteiger partial charge in [-0.2, -0.15) is 0 Å². The van der Waals surface area contributed by atoms with Crippen LogP contribution >= 0.6 is 0 Å². The van der Waals surface area contributed by atoms with E-state index in [4.69, 9.17) is 14.4 Å². The lowest BCUT2D eigenvalue weighted by atomic mass is 9.96. The molecule has 0 aliphatic rings. The summed E-state index contributed by atoms with van der Waals surface area (Å²) in [6.07, 6.45) is 1.95. The Kier molecular flexibility index (Phi) is 7.46. The highest BCUT2D eigenvalue weighted by atomic mass is 16.3. The molecule has 2 heterocycles. The predicted octanol–water partition coefficient (Wildman–Crippen LogP) is 14.3. The van der Waals surface area contributed by atoms with Crippen LogP contribution in [0.2, 0.25) is 0 Å². The molecule has 262 valence electrons. The normalized spacial score (nSPS) is 11.6. The summed E-state index contributed by atoms with van der Waals surface area (Å²) in [5, 5.41) is 9.68. The van der Waals surface area contributed by atoms with Crippen molar-refractivity contribution in [3.8, 4) is 33.8 Å². The van der Waals surface area contributed by atoms with Crippen LogP contribution in [0.1, 0.15) is 0 Å². The molecule has 0 aliphatic carbocycles. The highest BCUT2D eigenvalue weighted by Crippen LogP contribution is 2.40. The lowest BCUT2D eigenvalue weighted by Gasteiger charge is -2.26. The fourth-order valence-corrected chi connectivity index (χ4v) is 7.96. The van der Waals surface area contributed by atoms with Crippen molar-refractivity contribution >= 4 is 71.3 Å². The highest BCUT2D eigenvalue weighted by molar-refractivity contribution is 6.09. The van der Waals surface area contributed by atoms with E-state index in [2.05, 4.69) is 169 Å². The number of rotatable bonds is 6. The van der Waals surface area contributed by atoms with Gasteiger partial charge in [-0.3, -0.25) is 4.98 Å². The minimum atomic E-state index is 0.609. The molecule has 0 aliphatic heterocycles. The Hall–Kier alpha value is -7.56. The van der Waals surface area contributed by atoms with Gasteiger partial charge in [-0.25, -0.2) is 4.98 Å². The number of anilines is 3. The number of para-hydroxylation sites is 2. The number of fused-ring (bicyclic) bond motifs is 6. The van der Waals surface area contributed by atoms with Gasteiger partial charge in [0.05, 0.1) is 5.69 Å². The molecule has 0 N–H and O–H groups in total. The van der Waals surface area contributed by atoms with Crippen molar-refractivity contribution in [2.45, 2.75) is 0 Å². The van der Waals surface area contributed by atoms with E-state index in [1.807, 2.05) is 36.5 Å². The van der Waals surface area contributed by atoms with Gasteiger partial charge in [0.15, 0.2) is 5.58 Å². The van der Waals surface area contributed by atoms with Crippen LogP contribution in [-0.4, -0.2) is 9.97 Å². The van der Waals surface area contributed by atoms with Gasteiger partial charge >= 0.3 is 0 Å². The molecule has 0 saturated carbocycles. The van der Waals surface area contributed by atoms with Gasteiger partial charge < -0.3 is 9.32 Å². The molecular weight excluding hydrogens is 683 g/mol. The Balaban J connectivity index is 0.983. The molecular formula is C52H33N3O. The molecule has 4 heteroatoms. The SMILES string of the molecule is c1ccc2cc(-c3ccc4c(ccc5cc(N(c6ccc(-c7cc8ccccc8cn7)cc6)c6ccc(-c7nc8ccccc8o7)cc6)ccc54)c3)ccc2c1. The smallest absolute Gasteiger partial charge is 0.227 e. The lowest BCUT2D eigenvalue weighted by Crippen LogP contribution is -2.10. The first kappa shape index (κ1) is 31.9. The number of aromatic nitrogens is 2. The standard InChI is InChI=1S/C52H33N3O/c1-2-8-37-29-39(14-13-34(37)7-1)40-21-27-47-41(30-40)15-16-42-31-46(26-28-48(42)47)55(45-24-19-36(20-25-45)52-54-49-11-5-6-12-51(49)56-52)44-22-17-35(18-23-44)50-32-38-9-3-4-10-43(38)33-53-50/h1-33H. The summed E-state index contributed by atoms with van der Waals surface area (Å²) in [4.78, 5) is 11.8. The number of hydrogen-bond donors (Lipinski definition) is 0. The fraction of sp³-hybridized carbons (Fsp3) is 0. The molecule has 2 aromatic heterocycles. The Morgan fingerprint density at radius 1 is 0.375 bits per heavy atom. The molecule has 11 aromatic rings. The van der Waals surface area contributed by atoms with Gasteiger partial charge in [-0.1, -0.05) is 115 Å². The summed E-state index contributed by atoms with van der Waals surface area (Å²) in [6, 6.07) is 68.8. The number of benzene rings is 9. The molecule has 0 fully saturated rings. The first-order chi connectivity index (χ1) is 27.7. The average Bonchev–Trinajstić information content (AvgIpc) is 3.71. The minimum Gasteiger partial charge on any atom is -0.436 e. The lowest BCUT2D eigenvalue weighted by molar-refractivity contribution is 0.620. The largest absolute Gasteiger partial charge is 0.436 e. The summed E-state index contributed by atoms with van der Waals surface area (Å²) in [5.74, 6) is 0.609. The second kappa shape index (κ2) is 13.1. The molecule has 0 amide bonds. The van der Waals surface area contributed by atoms with E-state index in [0.717, 1.165) is 50.4 Å². The summed E-state index contributed by atoms with van der Waals surface area (Å²) in [6.45, 7) is 0. The van der Waals surface area contributed by atoms with E-state index in [0.29, 0.717) is 5.89 Å². The Bertz CT molecular complexity index is 3220. The molecule has 0 unspecified atom stereocenters. The third kappa shape index (κ3) is 5.64. The van der Waals surface area contributed by atoms with Crippen molar-refractivity contribution in [1.82, 2.24) is 9.97 Å². The van der Waals surface area contributed by atoms with Gasteiger partial charge in [0.25, 0.3) is 0 Å². The van der Waals surface area contributed by atoms with E-state index in [1.165, 1.54) is 48.8 Å². The number of oxazole rings is 1. The van der Waals surface area contributed by atoms with Crippen LogP contribution in [0, 0.1) is 0 Å². The summed E-state index contributed by atoms with van der Waals surface area (Å²) in [5.41, 5.74) is 10.2. The van der Waals surface area contributed by atoms with Crippen molar-refractivity contribution in [3.63, 3.8) is 0 Å². The van der Waals surface area contributed by atoms with Gasteiger partial charge in [0, 0.05) is 39.8 Å². The van der Waals surface area contributed by atoms with Crippen molar-refractivity contribution < 1.29 is 4.42 Å². The quantitative estimate of drug-likeness (QED) is 0.161. The third-order valence-corrected chi connectivity index (χ3v) is 10.9. The maximum absolute atomic E-state index is 6.11. The molecule has 0 spiro atoms. The first-order valence-electron chi connectivity index (χ1n) is 18.9. The van der Waals surface area contributed by atoms with E-state index < -0.39 is 0 Å². The van der Waals surface area contributed by atoms with E-state index in [1.54, 1.807) is 0 Å². The monoisotopic (exact) mass is 715 g/mol. The van der Waals surface area contributed by atoms with Crippen LogP contribution in [0.25, 0.3) is 88.0 Å². The van der Waals surface area contributed by atoms with E-state index in [-0.39, 0.29) is 0 Å². The molecule has 4 nitrogen and oxygen atoms in total.